The molecule has 0 radical (unpaired) electrons. The number of nitrogens with zero attached hydrogens (tertiary/aromatic N) is 1. The lowest BCUT2D eigenvalue weighted by atomic mass is 10.1. The Morgan fingerprint density at radius 1 is 1.24 bits per heavy atom. The van der Waals surface area contributed by atoms with E-state index in [1.165, 1.54) is 7.11 Å². The number of amides is 1. The molecule has 25 heavy (non-hydrogen) atoms. The lowest BCUT2D eigenvalue weighted by Gasteiger charge is -2.12. The highest BCUT2D eigenvalue weighted by Gasteiger charge is 2.15. The molecule has 2 rings (SSSR count). The van der Waals surface area contributed by atoms with Gasteiger partial charge in [-0.1, -0.05) is 0 Å². The minimum absolute atomic E-state index is 0.173. The third-order valence-corrected chi connectivity index (χ3v) is 3.98. The maximum atomic E-state index is 12.3. The molecular weight excluding hydrogens is 388 g/mol. The van der Waals surface area contributed by atoms with Crippen molar-refractivity contribution in [3.63, 3.8) is 0 Å². The zero-order valence-corrected chi connectivity index (χ0v) is 15.8. The maximum Gasteiger partial charge on any atom is 0.271 e. The van der Waals surface area contributed by atoms with Gasteiger partial charge in [0.2, 0.25) is 0 Å². The fraction of sp³-hybridized carbons (Fsp3) is 0.222. The average Bonchev–Trinajstić information content (AvgIpc) is 2.61. The number of nitrogens with one attached hydrogen (secondary N) is 1. The molecule has 2 aromatic rings. The first-order valence-corrected chi connectivity index (χ1v) is 8.40. The molecule has 0 spiro atoms. The number of hydrazone groups is 1. The molecule has 2 N–H and O–H groups in total. The second kappa shape index (κ2) is 8.53. The van der Waals surface area contributed by atoms with Gasteiger partial charge in [0.15, 0.2) is 11.5 Å². The first-order chi connectivity index (χ1) is 12.0. The summed E-state index contributed by atoms with van der Waals surface area (Å²) < 4.78 is 11.4. The summed E-state index contributed by atoms with van der Waals surface area (Å²) in [5.74, 6) is 0.804. The molecule has 1 amide bonds. The van der Waals surface area contributed by atoms with Crippen molar-refractivity contribution in [1.82, 2.24) is 5.43 Å². The number of hydrogen-bond acceptors (Lipinski definition) is 5. The number of hydrogen-bond donors (Lipinski definition) is 2. The summed E-state index contributed by atoms with van der Waals surface area (Å²) in [4.78, 5) is 12.3. The topological polar surface area (TPSA) is 80.2 Å². The Morgan fingerprint density at radius 2 is 1.92 bits per heavy atom. The number of methoxy groups -OCH3 is 1. The van der Waals surface area contributed by atoms with Crippen LogP contribution < -0.4 is 14.9 Å². The summed E-state index contributed by atoms with van der Waals surface area (Å²) in [7, 11) is 1.51. The van der Waals surface area contributed by atoms with E-state index in [9.17, 15) is 9.90 Å². The molecule has 0 heterocycles. The average molecular weight is 407 g/mol. The van der Waals surface area contributed by atoms with E-state index < -0.39 is 0 Å². The fourth-order valence-corrected chi connectivity index (χ4v) is 2.66. The second-order valence-electron chi connectivity index (χ2n) is 5.11. The number of ether oxygens (including phenoxy) is 2. The van der Waals surface area contributed by atoms with Crippen LogP contribution in [0.4, 0.5) is 0 Å². The number of rotatable bonds is 6. The SMILES string of the molecule is CCOc1c(Br)cc(C(=O)N/N=C(\C)c2ccc(O)cc2)cc1OC. The number of carbonyl (C=O) groups excluding carboxylic acids is 1. The highest BCUT2D eigenvalue weighted by Crippen LogP contribution is 2.36. The number of aromatic hydroxyl groups is 1. The van der Waals surface area contributed by atoms with Gasteiger partial charge < -0.3 is 14.6 Å². The molecule has 0 aliphatic heterocycles. The number of halogens is 1. The predicted octanol–water partition coefficient (Wildman–Crippen LogP) is 3.72. The number of carbonyl (C=O) groups is 1. The van der Waals surface area contributed by atoms with Crippen molar-refractivity contribution in [2.75, 3.05) is 13.7 Å². The highest BCUT2D eigenvalue weighted by atomic mass is 79.9. The van der Waals surface area contributed by atoms with Gasteiger partial charge in [-0.05, 0) is 71.7 Å². The summed E-state index contributed by atoms with van der Waals surface area (Å²) in [6.45, 7) is 4.12. The van der Waals surface area contributed by atoms with Crippen LogP contribution in [0, 0.1) is 0 Å². The molecule has 0 aliphatic rings. The third-order valence-electron chi connectivity index (χ3n) is 3.39. The molecule has 0 saturated carbocycles. The molecule has 2 aromatic carbocycles. The Bertz CT molecular complexity index is 788. The van der Waals surface area contributed by atoms with Crippen LogP contribution in [0.3, 0.4) is 0 Å². The van der Waals surface area contributed by atoms with E-state index in [-0.39, 0.29) is 11.7 Å². The van der Waals surface area contributed by atoms with Crippen LogP contribution in [0.2, 0.25) is 0 Å². The van der Waals surface area contributed by atoms with Crippen molar-refractivity contribution in [3.05, 3.63) is 52.0 Å². The van der Waals surface area contributed by atoms with Gasteiger partial charge in [0.25, 0.3) is 5.91 Å². The summed E-state index contributed by atoms with van der Waals surface area (Å²) >= 11 is 3.39. The van der Waals surface area contributed by atoms with Crippen molar-refractivity contribution >= 4 is 27.5 Å². The van der Waals surface area contributed by atoms with Crippen molar-refractivity contribution in [1.29, 1.82) is 0 Å². The number of benzene rings is 2. The fourth-order valence-electron chi connectivity index (χ4n) is 2.10. The van der Waals surface area contributed by atoms with E-state index in [1.807, 2.05) is 6.92 Å². The van der Waals surface area contributed by atoms with Gasteiger partial charge in [-0.3, -0.25) is 4.79 Å². The zero-order chi connectivity index (χ0) is 18.4. The minimum Gasteiger partial charge on any atom is -0.508 e. The van der Waals surface area contributed by atoms with Crippen LogP contribution in [0.25, 0.3) is 0 Å². The summed E-state index contributed by atoms with van der Waals surface area (Å²) in [5, 5.41) is 13.4. The van der Waals surface area contributed by atoms with Crippen molar-refractivity contribution in [2.24, 2.45) is 5.10 Å². The van der Waals surface area contributed by atoms with Crippen molar-refractivity contribution in [3.8, 4) is 17.2 Å². The van der Waals surface area contributed by atoms with Crippen LogP contribution in [0.15, 0.2) is 46.0 Å². The highest BCUT2D eigenvalue weighted by molar-refractivity contribution is 9.10. The van der Waals surface area contributed by atoms with E-state index in [1.54, 1.807) is 43.3 Å². The van der Waals surface area contributed by atoms with Crippen LogP contribution in [-0.4, -0.2) is 30.4 Å². The molecule has 0 fully saturated rings. The van der Waals surface area contributed by atoms with Gasteiger partial charge in [-0.25, -0.2) is 5.43 Å². The van der Waals surface area contributed by atoms with E-state index in [0.717, 1.165) is 5.56 Å². The molecule has 6 nitrogen and oxygen atoms in total. The molecule has 0 saturated heterocycles. The summed E-state index contributed by atoms with van der Waals surface area (Å²) in [6, 6.07) is 9.80. The number of phenolic OH excluding ortho intramolecular Hbond substituents is 1. The third kappa shape index (κ3) is 4.73. The lowest BCUT2D eigenvalue weighted by Crippen LogP contribution is -2.19. The van der Waals surface area contributed by atoms with Crippen molar-refractivity contribution in [2.45, 2.75) is 13.8 Å². The van der Waals surface area contributed by atoms with Gasteiger partial charge in [0, 0.05) is 5.56 Å². The van der Waals surface area contributed by atoms with Crippen LogP contribution >= 0.6 is 15.9 Å². The van der Waals surface area contributed by atoms with Gasteiger partial charge in [0.1, 0.15) is 5.75 Å². The molecule has 0 aliphatic carbocycles. The van der Waals surface area contributed by atoms with E-state index in [2.05, 4.69) is 26.5 Å². The first kappa shape index (κ1) is 18.8. The van der Waals surface area contributed by atoms with Crippen molar-refractivity contribution < 1.29 is 19.4 Å². The van der Waals surface area contributed by atoms with Gasteiger partial charge >= 0.3 is 0 Å². The molecule has 7 heteroatoms. The lowest BCUT2D eigenvalue weighted by molar-refractivity contribution is 0.0954. The summed E-state index contributed by atoms with van der Waals surface area (Å²) in [5.41, 5.74) is 4.31. The predicted molar refractivity (Wildman–Crippen MR) is 99.6 cm³/mol. The van der Waals surface area contributed by atoms with Crippen LogP contribution in [-0.2, 0) is 0 Å². The standard InChI is InChI=1S/C18H19BrN2O4/c1-4-25-17-15(19)9-13(10-16(17)24-3)18(23)21-20-11(2)12-5-7-14(22)8-6-12/h5-10,22H,4H2,1-3H3,(H,21,23)/b20-11+. The van der Waals surface area contributed by atoms with Gasteiger partial charge in [0.05, 0.1) is 23.9 Å². The Kier molecular flexibility index (Phi) is 6.41. The molecule has 132 valence electrons. The molecular formula is C18H19BrN2O4. The Hall–Kier alpha value is -2.54. The minimum atomic E-state index is -0.375. The monoisotopic (exact) mass is 406 g/mol. The Balaban J connectivity index is 2.19. The zero-order valence-electron chi connectivity index (χ0n) is 14.2. The smallest absolute Gasteiger partial charge is 0.271 e. The number of phenols is 1. The van der Waals surface area contributed by atoms with E-state index in [0.29, 0.717) is 33.9 Å². The maximum absolute atomic E-state index is 12.3. The van der Waals surface area contributed by atoms with E-state index in [4.69, 9.17) is 9.47 Å². The van der Waals surface area contributed by atoms with Crippen LogP contribution in [0.1, 0.15) is 29.8 Å². The molecule has 0 atom stereocenters. The Morgan fingerprint density at radius 3 is 2.52 bits per heavy atom. The second-order valence-corrected chi connectivity index (χ2v) is 5.96. The quantitative estimate of drug-likeness (QED) is 0.565. The largest absolute Gasteiger partial charge is 0.508 e. The van der Waals surface area contributed by atoms with E-state index >= 15 is 0 Å². The Labute approximate surface area is 154 Å². The molecule has 0 bridgehead atoms. The normalized spacial score (nSPS) is 11.1. The first-order valence-electron chi connectivity index (χ1n) is 7.60. The summed E-state index contributed by atoms with van der Waals surface area (Å²) in [6.07, 6.45) is 0. The van der Waals surface area contributed by atoms with Gasteiger partial charge in [-0.15, -0.1) is 0 Å². The van der Waals surface area contributed by atoms with Crippen LogP contribution in [0.5, 0.6) is 17.2 Å². The van der Waals surface area contributed by atoms with Gasteiger partial charge in [-0.2, -0.15) is 5.10 Å². The molecule has 0 unspecified atom stereocenters. The molecule has 0 aromatic heterocycles.